The predicted octanol–water partition coefficient (Wildman–Crippen LogP) is 3.95. The van der Waals surface area contributed by atoms with Crippen molar-refractivity contribution >= 4 is 29.1 Å². The Kier molecular flexibility index (Phi) is 4.68. The quantitative estimate of drug-likeness (QED) is 0.383. The summed E-state index contributed by atoms with van der Waals surface area (Å²) in [6.45, 7) is 2.62. The van der Waals surface area contributed by atoms with Crippen molar-refractivity contribution in [3.63, 3.8) is 0 Å². The number of halogens is 2. The Bertz CT molecular complexity index is 1200. The van der Waals surface area contributed by atoms with E-state index >= 15 is 0 Å². The summed E-state index contributed by atoms with van der Waals surface area (Å²) in [5.74, 6) is 5.66. The van der Waals surface area contributed by atoms with Crippen LogP contribution in [0.15, 0.2) is 46.8 Å². The zero-order valence-electron chi connectivity index (χ0n) is 17.2. The summed E-state index contributed by atoms with van der Waals surface area (Å²) in [6, 6.07) is 5.45. The van der Waals surface area contributed by atoms with Gasteiger partial charge in [0.2, 0.25) is 0 Å². The predicted molar refractivity (Wildman–Crippen MR) is 116 cm³/mol. The summed E-state index contributed by atoms with van der Waals surface area (Å²) in [5.41, 5.74) is 1.58. The average Bonchev–Trinajstić information content (AvgIpc) is 3.41. The molecule has 1 saturated heterocycles. The highest BCUT2D eigenvalue weighted by molar-refractivity contribution is 6.32. The van der Waals surface area contributed by atoms with Crippen molar-refractivity contribution in [1.82, 2.24) is 14.6 Å². The number of hydrazone groups is 1. The van der Waals surface area contributed by atoms with Crippen LogP contribution in [0.3, 0.4) is 0 Å². The number of hydrogen-bond donors (Lipinski definition) is 1. The van der Waals surface area contributed by atoms with Crippen LogP contribution in [0.1, 0.15) is 38.2 Å². The third-order valence-electron chi connectivity index (χ3n) is 6.24. The number of anilines is 1. The van der Waals surface area contributed by atoms with Crippen molar-refractivity contribution < 1.29 is 8.78 Å². The molecule has 2 N–H and O–H groups in total. The normalized spacial score (nSPS) is 22.2. The molecule has 160 valence electrons. The highest BCUT2D eigenvalue weighted by Crippen LogP contribution is 2.42. The Labute approximate surface area is 178 Å². The first-order valence-corrected chi connectivity index (χ1v) is 10.4. The summed E-state index contributed by atoms with van der Waals surface area (Å²) < 4.78 is 30.2. The Morgan fingerprint density at radius 2 is 2.13 bits per heavy atom. The molecule has 2 aromatic heterocycles. The number of aromatic nitrogens is 3. The number of aliphatic imine (C=N–C) groups is 1. The van der Waals surface area contributed by atoms with E-state index in [4.69, 9.17) is 10.8 Å². The summed E-state index contributed by atoms with van der Waals surface area (Å²) >= 11 is 0. The standard InChI is InChI=1S/C22H23F2N7/c1-22(16-11-15(23)5-6-17(16)24)8-2-9-30(22)20-7-10-31-21(28-20)19(13-27-31)26-12-18(29-25)14-3-4-14/h5-7,10-14H,2-4,8-9,25H2,1H3/t22-/m1/s1. The first-order chi connectivity index (χ1) is 15.0. The summed E-state index contributed by atoms with van der Waals surface area (Å²) in [5, 5.41) is 8.14. The van der Waals surface area contributed by atoms with E-state index in [9.17, 15) is 8.78 Å². The monoisotopic (exact) mass is 423 g/mol. The zero-order valence-corrected chi connectivity index (χ0v) is 17.2. The van der Waals surface area contributed by atoms with Gasteiger partial charge in [-0.25, -0.2) is 23.3 Å². The van der Waals surface area contributed by atoms with Gasteiger partial charge in [-0.3, -0.25) is 0 Å². The lowest BCUT2D eigenvalue weighted by molar-refractivity contribution is 0.451. The first-order valence-electron chi connectivity index (χ1n) is 10.4. The highest BCUT2D eigenvalue weighted by Gasteiger charge is 2.41. The summed E-state index contributed by atoms with van der Waals surface area (Å²) in [6.07, 6.45) is 8.80. The molecular weight excluding hydrogens is 400 g/mol. The molecule has 1 aromatic carbocycles. The number of hydrogen-bond acceptors (Lipinski definition) is 6. The van der Waals surface area contributed by atoms with Gasteiger partial charge in [0.1, 0.15) is 23.1 Å². The van der Waals surface area contributed by atoms with Crippen molar-refractivity contribution in [3.05, 3.63) is 53.9 Å². The van der Waals surface area contributed by atoms with E-state index in [-0.39, 0.29) is 0 Å². The lowest BCUT2D eigenvalue weighted by Gasteiger charge is -2.37. The number of nitrogens with two attached hydrogens (primary N) is 1. The van der Waals surface area contributed by atoms with E-state index in [0.29, 0.717) is 41.6 Å². The van der Waals surface area contributed by atoms with Crippen LogP contribution in [0, 0.1) is 17.6 Å². The highest BCUT2D eigenvalue weighted by atomic mass is 19.1. The van der Waals surface area contributed by atoms with Crippen LogP contribution in [0.5, 0.6) is 0 Å². The maximum Gasteiger partial charge on any atom is 0.183 e. The Hall–Kier alpha value is -3.36. The Morgan fingerprint density at radius 1 is 1.29 bits per heavy atom. The van der Waals surface area contributed by atoms with Crippen LogP contribution < -0.4 is 10.7 Å². The molecule has 0 radical (unpaired) electrons. The molecule has 31 heavy (non-hydrogen) atoms. The van der Waals surface area contributed by atoms with Gasteiger partial charge in [0.15, 0.2) is 5.65 Å². The van der Waals surface area contributed by atoms with E-state index in [1.54, 1.807) is 23.1 Å². The van der Waals surface area contributed by atoms with Gasteiger partial charge in [0.25, 0.3) is 0 Å². The number of nitrogens with zero attached hydrogens (tertiary/aromatic N) is 6. The van der Waals surface area contributed by atoms with Gasteiger partial charge in [-0.15, -0.1) is 0 Å². The topological polar surface area (TPSA) is 84.2 Å². The molecule has 1 aliphatic carbocycles. The molecule has 2 aliphatic rings. The molecule has 1 aliphatic heterocycles. The molecule has 1 saturated carbocycles. The van der Waals surface area contributed by atoms with Crippen LogP contribution in [-0.4, -0.2) is 33.1 Å². The van der Waals surface area contributed by atoms with Gasteiger partial charge >= 0.3 is 0 Å². The molecule has 7 nitrogen and oxygen atoms in total. The lowest BCUT2D eigenvalue weighted by Crippen LogP contribution is -2.40. The molecule has 3 aromatic rings. The molecule has 5 rings (SSSR count). The van der Waals surface area contributed by atoms with Gasteiger partial charge in [-0.2, -0.15) is 10.2 Å². The van der Waals surface area contributed by atoms with Crippen molar-refractivity contribution in [1.29, 1.82) is 0 Å². The lowest BCUT2D eigenvalue weighted by atomic mass is 9.88. The third-order valence-corrected chi connectivity index (χ3v) is 6.24. The fourth-order valence-corrected chi connectivity index (χ4v) is 4.37. The Morgan fingerprint density at radius 3 is 2.90 bits per heavy atom. The van der Waals surface area contributed by atoms with Gasteiger partial charge in [-0.1, -0.05) is 0 Å². The molecule has 0 amide bonds. The summed E-state index contributed by atoms with van der Waals surface area (Å²) in [4.78, 5) is 11.3. The molecule has 0 unspecified atom stereocenters. The van der Waals surface area contributed by atoms with Crippen LogP contribution in [0.4, 0.5) is 20.3 Å². The van der Waals surface area contributed by atoms with E-state index in [2.05, 4.69) is 15.2 Å². The minimum atomic E-state index is -0.702. The fraction of sp³-hybridized carbons (Fsp3) is 0.364. The second kappa shape index (κ2) is 7.40. The van der Waals surface area contributed by atoms with Crippen molar-refractivity contribution in [3.8, 4) is 0 Å². The Balaban J connectivity index is 1.52. The summed E-state index contributed by atoms with van der Waals surface area (Å²) in [7, 11) is 0. The van der Waals surface area contributed by atoms with Gasteiger partial charge in [0.05, 0.1) is 23.7 Å². The van der Waals surface area contributed by atoms with Crippen molar-refractivity contribution in [2.24, 2.45) is 21.9 Å². The van der Waals surface area contributed by atoms with E-state index in [1.807, 2.05) is 17.9 Å². The van der Waals surface area contributed by atoms with Crippen LogP contribution in [0.2, 0.25) is 0 Å². The molecule has 9 heteroatoms. The maximum atomic E-state index is 14.6. The minimum absolute atomic E-state index is 0.339. The van der Waals surface area contributed by atoms with Crippen molar-refractivity contribution in [2.75, 3.05) is 11.4 Å². The molecule has 0 bridgehead atoms. The average molecular weight is 423 g/mol. The van der Waals surface area contributed by atoms with Crippen LogP contribution in [-0.2, 0) is 5.54 Å². The minimum Gasteiger partial charge on any atom is -0.347 e. The molecule has 3 heterocycles. The second-order valence-electron chi connectivity index (χ2n) is 8.32. The van der Waals surface area contributed by atoms with Gasteiger partial charge in [-0.05, 0) is 56.9 Å². The smallest absolute Gasteiger partial charge is 0.183 e. The molecule has 0 spiro atoms. The maximum absolute atomic E-state index is 14.6. The third kappa shape index (κ3) is 3.43. The number of fused-ring (bicyclic) bond motifs is 1. The SMILES string of the molecule is C[C@]1(c2cc(F)ccc2F)CCCN1c1ccn2ncc(N=CC(=NN)C3CC3)c2n1. The van der Waals surface area contributed by atoms with E-state index < -0.39 is 17.2 Å². The van der Waals surface area contributed by atoms with E-state index in [1.165, 1.54) is 12.1 Å². The molecule has 2 fully saturated rings. The van der Waals surface area contributed by atoms with Gasteiger partial charge < -0.3 is 10.7 Å². The first kappa shape index (κ1) is 19.6. The second-order valence-corrected chi connectivity index (χ2v) is 8.32. The van der Waals surface area contributed by atoms with Crippen LogP contribution in [0.25, 0.3) is 5.65 Å². The van der Waals surface area contributed by atoms with Gasteiger partial charge in [0, 0.05) is 24.2 Å². The molecule has 1 atom stereocenters. The number of benzene rings is 1. The zero-order chi connectivity index (χ0) is 21.6. The number of rotatable bonds is 5. The van der Waals surface area contributed by atoms with Crippen LogP contribution >= 0.6 is 0 Å². The fourth-order valence-electron chi connectivity index (χ4n) is 4.37. The van der Waals surface area contributed by atoms with E-state index in [0.717, 1.165) is 31.0 Å². The van der Waals surface area contributed by atoms with Crippen molar-refractivity contribution in [2.45, 2.75) is 38.1 Å². The largest absolute Gasteiger partial charge is 0.347 e. The molecular formula is C22H23F2N7.